The van der Waals surface area contributed by atoms with Gasteiger partial charge in [0.15, 0.2) is 0 Å². The zero-order valence-electron chi connectivity index (χ0n) is 15.2. The summed E-state index contributed by atoms with van der Waals surface area (Å²) >= 11 is 7.34. The molecule has 3 aromatic rings. The number of halogens is 2. The van der Waals surface area contributed by atoms with E-state index in [0.29, 0.717) is 28.3 Å². The molecule has 0 saturated heterocycles. The lowest BCUT2D eigenvalue weighted by atomic mass is 10.2. The molecule has 1 heterocycles. The Morgan fingerprint density at radius 1 is 1.25 bits per heavy atom. The third kappa shape index (κ3) is 5.11. The number of hydrogen-bond acceptors (Lipinski definition) is 4. The molecule has 0 fully saturated rings. The average molecular weight is 420 g/mol. The van der Waals surface area contributed by atoms with Crippen molar-refractivity contribution >= 4 is 40.2 Å². The van der Waals surface area contributed by atoms with Crippen LogP contribution in [-0.2, 0) is 11.3 Å². The van der Waals surface area contributed by atoms with Crippen LogP contribution in [0.2, 0.25) is 5.02 Å². The smallest absolute Gasteiger partial charge is 0.258 e. The lowest BCUT2D eigenvalue weighted by Gasteiger charge is -2.21. The van der Waals surface area contributed by atoms with Gasteiger partial charge >= 0.3 is 0 Å². The lowest BCUT2D eigenvalue weighted by molar-refractivity contribution is -0.129. The third-order valence-electron chi connectivity index (χ3n) is 4.08. The zero-order valence-corrected chi connectivity index (χ0v) is 16.8. The van der Waals surface area contributed by atoms with Crippen molar-refractivity contribution < 1.29 is 9.18 Å². The van der Waals surface area contributed by atoms with E-state index in [-0.39, 0.29) is 29.6 Å². The van der Waals surface area contributed by atoms with Gasteiger partial charge in [-0.25, -0.2) is 9.37 Å². The Bertz CT molecular complexity index is 1040. The van der Waals surface area contributed by atoms with E-state index in [1.807, 2.05) is 6.92 Å². The lowest BCUT2D eigenvalue weighted by Crippen LogP contribution is -2.34. The van der Waals surface area contributed by atoms with Gasteiger partial charge in [0.1, 0.15) is 11.6 Å². The molecule has 8 heteroatoms. The highest BCUT2D eigenvalue weighted by Crippen LogP contribution is 2.19. The number of benzene rings is 2. The number of carbonyl (C=O) groups excluding carboxylic acids is 1. The highest BCUT2D eigenvalue weighted by Gasteiger charge is 2.16. The SMILES string of the molecule is CCCN(Cc1nc2cc(Cl)ccc2c(=O)[nH]1)C(=O)CSc1ccc(F)cc1. The molecule has 0 aliphatic rings. The van der Waals surface area contributed by atoms with Crippen molar-refractivity contribution in [1.29, 1.82) is 0 Å². The predicted octanol–water partition coefficient (Wildman–Crippen LogP) is 4.25. The van der Waals surface area contributed by atoms with Crippen molar-refractivity contribution in [2.24, 2.45) is 0 Å². The van der Waals surface area contributed by atoms with Crippen LogP contribution in [0.25, 0.3) is 10.9 Å². The molecule has 3 rings (SSSR count). The summed E-state index contributed by atoms with van der Waals surface area (Å²) in [5.41, 5.74) is 0.233. The third-order valence-corrected chi connectivity index (χ3v) is 5.31. The Hall–Kier alpha value is -2.38. The average Bonchev–Trinajstić information content (AvgIpc) is 2.66. The molecular formula is C20H19ClFN3O2S. The molecule has 0 aliphatic heterocycles. The van der Waals surface area contributed by atoms with E-state index >= 15 is 0 Å². The van der Waals surface area contributed by atoms with Crippen molar-refractivity contribution in [2.75, 3.05) is 12.3 Å². The standard InChI is InChI=1S/C20H19ClFN3O2S/c1-2-9-25(19(26)12-28-15-6-4-14(22)5-7-15)11-18-23-17-10-13(21)3-8-16(17)20(27)24-18/h3-8,10H,2,9,11-12H2,1H3,(H,23,24,27). The number of rotatable bonds is 7. The molecule has 0 atom stereocenters. The van der Waals surface area contributed by atoms with Gasteiger partial charge in [0.25, 0.3) is 5.56 Å². The van der Waals surface area contributed by atoms with Gasteiger partial charge in [0, 0.05) is 16.5 Å². The van der Waals surface area contributed by atoms with E-state index in [1.165, 1.54) is 23.9 Å². The first-order valence-electron chi connectivity index (χ1n) is 8.81. The summed E-state index contributed by atoms with van der Waals surface area (Å²) in [6.45, 7) is 2.72. The van der Waals surface area contributed by atoms with Crippen LogP contribution in [0.4, 0.5) is 4.39 Å². The minimum atomic E-state index is -0.310. The van der Waals surface area contributed by atoms with Crippen LogP contribution in [-0.4, -0.2) is 33.1 Å². The van der Waals surface area contributed by atoms with Crippen molar-refractivity contribution in [3.05, 3.63) is 69.5 Å². The van der Waals surface area contributed by atoms with Crippen LogP contribution < -0.4 is 5.56 Å². The summed E-state index contributed by atoms with van der Waals surface area (Å²) in [7, 11) is 0. The Morgan fingerprint density at radius 3 is 2.71 bits per heavy atom. The summed E-state index contributed by atoms with van der Waals surface area (Å²) in [4.78, 5) is 34.6. The minimum absolute atomic E-state index is 0.0787. The van der Waals surface area contributed by atoms with Crippen molar-refractivity contribution in [3.63, 3.8) is 0 Å². The van der Waals surface area contributed by atoms with Crippen LogP contribution in [0.3, 0.4) is 0 Å². The molecule has 1 aromatic heterocycles. The molecule has 28 heavy (non-hydrogen) atoms. The molecule has 0 aliphatic carbocycles. The molecule has 1 amide bonds. The fraction of sp³-hybridized carbons (Fsp3) is 0.250. The van der Waals surface area contributed by atoms with Crippen molar-refractivity contribution in [3.8, 4) is 0 Å². The van der Waals surface area contributed by atoms with E-state index in [9.17, 15) is 14.0 Å². The first-order valence-corrected chi connectivity index (χ1v) is 10.2. The summed E-state index contributed by atoms with van der Waals surface area (Å²) in [6.07, 6.45) is 0.774. The Labute approximate surface area is 170 Å². The Balaban J connectivity index is 1.74. The number of fused-ring (bicyclic) bond motifs is 1. The number of thioether (sulfide) groups is 1. The Morgan fingerprint density at radius 2 is 2.00 bits per heavy atom. The molecule has 0 saturated carbocycles. The Kier molecular flexibility index (Phi) is 6.70. The van der Waals surface area contributed by atoms with Gasteiger partial charge in [-0.15, -0.1) is 11.8 Å². The second-order valence-electron chi connectivity index (χ2n) is 6.23. The maximum Gasteiger partial charge on any atom is 0.258 e. The zero-order chi connectivity index (χ0) is 20.1. The van der Waals surface area contributed by atoms with Crippen LogP contribution in [0.15, 0.2) is 52.2 Å². The maximum absolute atomic E-state index is 13.0. The van der Waals surface area contributed by atoms with Gasteiger partial charge in [-0.05, 0) is 48.9 Å². The number of amides is 1. The number of hydrogen-bond donors (Lipinski definition) is 1. The fourth-order valence-electron chi connectivity index (χ4n) is 2.75. The van der Waals surface area contributed by atoms with E-state index in [2.05, 4.69) is 9.97 Å². The van der Waals surface area contributed by atoms with E-state index < -0.39 is 0 Å². The predicted molar refractivity (Wildman–Crippen MR) is 110 cm³/mol. The summed E-state index contributed by atoms with van der Waals surface area (Å²) in [5, 5.41) is 0.946. The topological polar surface area (TPSA) is 66.1 Å². The number of nitrogens with zero attached hydrogens (tertiary/aromatic N) is 2. The number of H-pyrrole nitrogens is 1. The highest BCUT2D eigenvalue weighted by atomic mass is 35.5. The molecular weight excluding hydrogens is 401 g/mol. The fourth-order valence-corrected chi connectivity index (χ4v) is 3.71. The van der Waals surface area contributed by atoms with Gasteiger partial charge in [-0.3, -0.25) is 9.59 Å². The number of aromatic nitrogens is 2. The number of carbonyl (C=O) groups is 1. The second-order valence-corrected chi connectivity index (χ2v) is 7.72. The molecule has 5 nitrogen and oxygen atoms in total. The highest BCUT2D eigenvalue weighted by molar-refractivity contribution is 8.00. The van der Waals surface area contributed by atoms with Crippen LogP contribution in [0, 0.1) is 5.82 Å². The first-order chi connectivity index (χ1) is 13.5. The molecule has 146 valence electrons. The van der Waals surface area contributed by atoms with Gasteiger partial charge < -0.3 is 9.88 Å². The molecule has 0 radical (unpaired) electrons. The second kappa shape index (κ2) is 9.21. The number of aromatic amines is 1. The molecule has 0 spiro atoms. The molecule has 0 bridgehead atoms. The van der Waals surface area contributed by atoms with Gasteiger partial charge in [0.05, 0.1) is 23.2 Å². The van der Waals surface area contributed by atoms with Gasteiger partial charge in [-0.2, -0.15) is 0 Å². The molecule has 0 unspecified atom stereocenters. The maximum atomic E-state index is 13.0. The quantitative estimate of drug-likeness (QED) is 0.581. The minimum Gasteiger partial charge on any atom is -0.335 e. The molecule has 2 aromatic carbocycles. The van der Waals surface area contributed by atoms with Crippen LogP contribution in [0.5, 0.6) is 0 Å². The summed E-state index contributed by atoms with van der Waals surface area (Å²) in [6, 6.07) is 10.9. The van der Waals surface area contributed by atoms with Crippen molar-refractivity contribution in [2.45, 2.75) is 24.8 Å². The summed E-state index contributed by atoms with van der Waals surface area (Å²) < 4.78 is 13.0. The van der Waals surface area contributed by atoms with Crippen LogP contribution >= 0.6 is 23.4 Å². The van der Waals surface area contributed by atoms with Gasteiger partial charge in [-0.1, -0.05) is 18.5 Å². The first kappa shape index (κ1) is 20.4. The largest absolute Gasteiger partial charge is 0.335 e. The van der Waals surface area contributed by atoms with Crippen molar-refractivity contribution in [1.82, 2.24) is 14.9 Å². The monoisotopic (exact) mass is 419 g/mol. The normalized spacial score (nSPS) is 11.0. The van der Waals surface area contributed by atoms with Crippen LogP contribution in [0.1, 0.15) is 19.2 Å². The van der Waals surface area contributed by atoms with E-state index in [1.54, 1.807) is 35.2 Å². The van der Waals surface area contributed by atoms with Gasteiger partial charge in [0.2, 0.25) is 5.91 Å². The van der Waals surface area contributed by atoms with E-state index in [4.69, 9.17) is 11.6 Å². The summed E-state index contributed by atoms with van der Waals surface area (Å²) in [5.74, 6) is 0.239. The molecule has 1 N–H and O–H groups in total. The van der Waals surface area contributed by atoms with E-state index in [0.717, 1.165) is 11.3 Å². The number of nitrogens with one attached hydrogen (secondary N) is 1.